The topological polar surface area (TPSA) is 71.5 Å². The summed E-state index contributed by atoms with van der Waals surface area (Å²) in [4.78, 5) is 30.8. The van der Waals surface area contributed by atoms with Crippen LogP contribution in [-0.2, 0) is 4.79 Å². The molecule has 0 saturated carbocycles. The second-order valence-corrected chi connectivity index (χ2v) is 6.68. The lowest BCUT2D eigenvalue weighted by molar-refractivity contribution is -0.121. The summed E-state index contributed by atoms with van der Waals surface area (Å²) in [5, 5.41) is 2.80. The molecule has 1 aromatic carbocycles. The van der Waals surface area contributed by atoms with E-state index in [1.807, 2.05) is 13.0 Å². The second kappa shape index (κ2) is 8.77. The summed E-state index contributed by atoms with van der Waals surface area (Å²) in [6.07, 6.45) is 2.73. The maximum Gasteiger partial charge on any atom is 0.387 e. The molecule has 3 rings (SSSR count). The number of halogens is 2. The lowest BCUT2D eigenvalue weighted by atomic mass is 9.95. The molecule has 1 saturated heterocycles. The highest BCUT2D eigenvalue weighted by Crippen LogP contribution is 2.22. The largest absolute Gasteiger partial charge is 0.435 e. The van der Waals surface area contributed by atoms with Crippen molar-refractivity contribution < 1.29 is 23.1 Å². The van der Waals surface area contributed by atoms with Crippen molar-refractivity contribution in [1.82, 2.24) is 9.88 Å². The first-order valence-corrected chi connectivity index (χ1v) is 9.00. The standard InChI is InChI=1S/C20H21F2N3O3/c1-13-5-6-17(23-12-13)24-18(26)14-7-9-25(10-8-14)19(27)15-3-2-4-16(11-15)28-20(21)22/h2-6,11-12,14,20H,7-10H2,1H3,(H,23,24,26). The molecule has 0 bridgehead atoms. The number of amides is 2. The predicted octanol–water partition coefficient (Wildman–Crippen LogP) is 3.48. The predicted molar refractivity (Wildman–Crippen MR) is 99.3 cm³/mol. The zero-order chi connectivity index (χ0) is 20.1. The number of anilines is 1. The smallest absolute Gasteiger partial charge is 0.387 e. The van der Waals surface area contributed by atoms with Crippen LogP contribution in [0.15, 0.2) is 42.6 Å². The van der Waals surface area contributed by atoms with Gasteiger partial charge < -0.3 is 15.0 Å². The molecule has 1 aliphatic heterocycles. The Morgan fingerprint density at radius 2 is 1.96 bits per heavy atom. The minimum Gasteiger partial charge on any atom is -0.435 e. The zero-order valence-electron chi connectivity index (χ0n) is 15.4. The van der Waals surface area contributed by atoms with Crippen LogP contribution in [0.3, 0.4) is 0 Å². The Kier molecular flexibility index (Phi) is 6.18. The third-order valence-electron chi connectivity index (χ3n) is 4.62. The number of aromatic nitrogens is 1. The van der Waals surface area contributed by atoms with Crippen molar-refractivity contribution in [2.24, 2.45) is 5.92 Å². The van der Waals surface area contributed by atoms with Gasteiger partial charge in [0.25, 0.3) is 5.91 Å². The van der Waals surface area contributed by atoms with Crippen LogP contribution in [0.5, 0.6) is 5.75 Å². The summed E-state index contributed by atoms with van der Waals surface area (Å²) in [6, 6.07) is 9.35. The van der Waals surface area contributed by atoms with Gasteiger partial charge in [0.05, 0.1) is 0 Å². The van der Waals surface area contributed by atoms with Crippen LogP contribution < -0.4 is 10.1 Å². The quantitative estimate of drug-likeness (QED) is 0.850. The first-order chi connectivity index (χ1) is 13.4. The van der Waals surface area contributed by atoms with Gasteiger partial charge in [-0.15, -0.1) is 0 Å². The molecule has 0 unspecified atom stereocenters. The monoisotopic (exact) mass is 389 g/mol. The number of nitrogens with one attached hydrogen (secondary N) is 1. The van der Waals surface area contributed by atoms with Crippen LogP contribution in [0.1, 0.15) is 28.8 Å². The Hall–Kier alpha value is -3.03. The van der Waals surface area contributed by atoms with Crippen LogP contribution in [0.2, 0.25) is 0 Å². The van der Waals surface area contributed by atoms with Gasteiger partial charge in [0.1, 0.15) is 11.6 Å². The van der Waals surface area contributed by atoms with Crippen molar-refractivity contribution in [2.75, 3.05) is 18.4 Å². The van der Waals surface area contributed by atoms with Crippen LogP contribution in [0.25, 0.3) is 0 Å². The van der Waals surface area contributed by atoms with Crippen LogP contribution >= 0.6 is 0 Å². The van der Waals surface area contributed by atoms with Gasteiger partial charge in [0.15, 0.2) is 0 Å². The maximum atomic E-state index is 12.6. The van der Waals surface area contributed by atoms with E-state index in [0.29, 0.717) is 31.7 Å². The number of hydrogen-bond donors (Lipinski definition) is 1. The number of alkyl halides is 2. The Balaban J connectivity index is 1.55. The zero-order valence-corrected chi connectivity index (χ0v) is 15.4. The van der Waals surface area contributed by atoms with E-state index >= 15 is 0 Å². The number of rotatable bonds is 5. The highest BCUT2D eigenvalue weighted by Gasteiger charge is 2.28. The summed E-state index contributed by atoms with van der Waals surface area (Å²) < 4.78 is 29.0. The molecule has 148 valence electrons. The summed E-state index contributed by atoms with van der Waals surface area (Å²) in [7, 11) is 0. The molecule has 1 fully saturated rings. The average Bonchev–Trinajstić information content (AvgIpc) is 2.69. The van der Waals surface area contributed by atoms with Gasteiger partial charge in [-0.3, -0.25) is 9.59 Å². The molecule has 0 spiro atoms. The SMILES string of the molecule is Cc1ccc(NC(=O)C2CCN(C(=O)c3cccc(OC(F)F)c3)CC2)nc1. The van der Waals surface area contributed by atoms with Crippen molar-refractivity contribution in [3.05, 3.63) is 53.7 Å². The number of hydrogen-bond acceptors (Lipinski definition) is 4. The fourth-order valence-electron chi connectivity index (χ4n) is 3.10. The third-order valence-corrected chi connectivity index (χ3v) is 4.62. The first kappa shape index (κ1) is 19.7. The average molecular weight is 389 g/mol. The molecule has 1 aliphatic rings. The molecule has 1 aromatic heterocycles. The highest BCUT2D eigenvalue weighted by molar-refractivity contribution is 5.95. The number of nitrogens with zero attached hydrogens (tertiary/aromatic N) is 2. The summed E-state index contributed by atoms with van der Waals surface area (Å²) in [5.74, 6) is -0.138. The van der Waals surface area contributed by atoms with Gasteiger partial charge in [-0.25, -0.2) is 4.98 Å². The summed E-state index contributed by atoms with van der Waals surface area (Å²) in [6.45, 7) is -0.195. The number of carbonyl (C=O) groups excluding carboxylic acids is 2. The summed E-state index contributed by atoms with van der Waals surface area (Å²) >= 11 is 0. The minimum absolute atomic E-state index is 0.0549. The van der Waals surface area contributed by atoms with Gasteiger partial charge in [0, 0.05) is 30.8 Å². The highest BCUT2D eigenvalue weighted by atomic mass is 19.3. The molecule has 0 aliphatic carbocycles. The number of ether oxygens (including phenoxy) is 1. The van der Waals surface area contributed by atoms with Crippen molar-refractivity contribution >= 4 is 17.6 Å². The van der Waals surface area contributed by atoms with Crippen molar-refractivity contribution in [3.63, 3.8) is 0 Å². The van der Waals surface area contributed by atoms with Crippen molar-refractivity contribution in [3.8, 4) is 5.75 Å². The fourth-order valence-corrected chi connectivity index (χ4v) is 3.10. The van der Waals surface area contributed by atoms with Gasteiger partial charge in [-0.1, -0.05) is 12.1 Å². The molecular weight excluding hydrogens is 368 g/mol. The Bertz CT molecular complexity index is 835. The number of likely N-dealkylation sites (tertiary alicyclic amines) is 1. The van der Waals surface area contributed by atoms with Gasteiger partial charge in [-0.05, 0) is 49.6 Å². The van der Waals surface area contributed by atoms with E-state index in [-0.39, 0.29) is 29.0 Å². The van der Waals surface area contributed by atoms with Crippen molar-refractivity contribution in [2.45, 2.75) is 26.4 Å². The molecule has 2 amide bonds. The van der Waals surface area contributed by atoms with E-state index in [4.69, 9.17) is 0 Å². The normalized spacial score (nSPS) is 14.8. The molecule has 6 nitrogen and oxygen atoms in total. The molecule has 0 atom stereocenters. The molecule has 2 aromatic rings. The van der Waals surface area contributed by atoms with Gasteiger partial charge >= 0.3 is 6.61 Å². The lowest BCUT2D eigenvalue weighted by Gasteiger charge is -2.31. The fraction of sp³-hybridized carbons (Fsp3) is 0.350. The Morgan fingerprint density at radius 3 is 2.61 bits per heavy atom. The van der Waals surface area contributed by atoms with E-state index < -0.39 is 6.61 Å². The Labute approximate surface area is 161 Å². The number of carbonyl (C=O) groups is 2. The van der Waals surface area contributed by atoms with Crippen molar-refractivity contribution in [1.29, 1.82) is 0 Å². The van der Waals surface area contributed by atoms with Crippen LogP contribution in [-0.4, -0.2) is 41.4 Å². The second-order valence-electron chi connectivity index (χ2n) is 6.68. The molecule has 1 N–H and O–H groups in total. The number of benzene rings is 1. The molecular formula is C20H21F2N3O3. The van der Waals surface area contributed by atoms with E-state index in [9.17, 15) is 18.4 Å². The number of aryl methyl sites for hydroxylation is 1. The van der Waals surface area contributed by atoms with Crippen LogP contribution in [0.4, 0.5) is 14.6 Å². The molecule has 0 radical (unpaired) electrons. The first-order valence-electron chi connectivity index (χ1n) is 9.00. The third kappa shape index (κ3) is 5.03. The molecule has 8 heteroatoms. The Morgan fingerprint density at radius 1 is 1.21 bits per heavy atom. The summed E-state index contributed by atoms with van der Waals surface area (Å²) in [5.41, 5.74) is 1.29. The molecule has 2 heterocycles. The van der Waals surface area contributed by atoms with E-state index in [1.54, 1.807) is 23.2 Å². The van der Waals surface area contributed by atoms with E-state index in [0.717, 1.165) is 5.56 Å². The van der Waals surface area contributed by atoms with Gasteiger partial charge in [0.2, 0.25) is 5.91 Å². The maximum absolute atomic E-state index is 12.6. The minimum atomic E-state index is -2.94. The van der Waals surface area contributed by atoms with Crippen LogP contribution in [0, 0.1) is 12.8 Å². The molecule has 28 heavy (non-hydrogen) atoms. The lowest BCUT2D eigenvalue weighted by Crippen LogP contribution is -2.41. The number of pyridine rings is 1. The van der Waals surface area contributed by atoms with Gasteiger partial charge in [-0.2, -0.15) is 8.78 Å². The van der Waals surface area contributed by atoms with E-state index in [2.05, 4.69) is 15.0 Å². The number of piperidine rings is 1. The van der Waals surface area contributed by atoms with E-state index in [1.165, 1.54) is 18.2 Å².